The minimum Gasteiger partial charge on any atom is -0.362 e. The van der Waals surface area contributed by atoms with Crippen molar-refractivity contribution in [3.63, 3.8) is 0 Å². The van der Waals surface area contributed by atoms with E-state index in [1.54, 1.807) is 0 Å². The topological polar surface area (TPSA) is 39.9 Å². The molecule has 1 aliphatic heterocycles. The number of fused-ring (bicyclic) bond motifs is 1. The van der Waals surface area contributed by atoms with E-state index in [0.717, 1.165) is 45.8 Å². The van der Waals surface area contributed by atoms with Gasteiger partial charge >= 0.3 is 0 Å². The molecule has 28 heavy (non-hydrogen) atoms. The Morgan fingerprint density at radius 2 is 1.54 bits per heavy atom. The highest BCUT2D eigenvalue weighted by Gasteiger charge is 2.28. The van der Waals surface area contributed by atoms with Gasteiger partial charge in [-0.05, 0) is 17.7 Å². The van der Waals surface area contributed by atoms with Gasteiger partial charge in [0, 0.05) is 16.9 Å². The summed E-state index contributed by atoms with van der Waals surface area (Å²) in [4.78, 5) is 0. The van der Waals surface area contributed by atoms with Crippen molar-refractivity contribution in [2.24, 2.45) is 0 Å². The summed E-state index contributed by atoms with van der Waals surface area (Å²) in [6, 6.07) is 28.9. The van der Waals surface area contributed by atoms with Crippen molar-refractivity contribution < 1.29 is 4.74 Å². The van der Waals surface area contributed by atoms with Gasteiger partial charge in [0.15, 0.2) is 0 Å². The van der Waals surface area contributed by atoms with Crippen LogP contribution in [0.5, 0.6) is 0 Å². The maximum Gasteiger partial charge on any atom is 0.131 e. The lowest BCUT2D eigenvalue weighted by atomic mass is 9.99. The quantitative estimate of drug-likeness (QED) is 0.467. The van der Waals surface area contributed by atoms with Crippen molar-refractivity contribution in [2.45, 2.75) is 5.44 Å². The van der Waals surface area contributed by atoms with Gasteiger partial charge in [-0.25, -0.2) is 4.68 Å². The van der Waals surface area contributed by atoms with E-state index in [9.17, 15) is 0 Å². The Kier molecular flexibility index (Phi) is 4.69. The molecule has 4 aromatic rings. The van der Waals surface area contributed by atoms with Gasteiger partial charge in [-0.1, -0.05) is 78.0 Å². The lowest BCUT2D eigenvalue weighted by molar-refractivity contribution is 0.178. The van der Waals surface area contributed by atoms with Gasteiger partial charge in [0.2, 0.25) is 0 Å². The zero-order valence-corrected chi connectivity index (χ0v) is 16.0. The largest absolute Gasteiger partial charge is 0.362 e. The number of hydrogen-bond acceptors (Lipinski definition) is 4. The molecule has 0 radical (unpaired) electrons. The third-order valence-electron chi connectivity index (χ3n) is 4.81. The minimum atomic E-state index is -0.0411. The third kappa shape index (κ3) is 3.13. The fourth-order valence-corrected chi connectivity index (χ4v) is 4.56. The average molecular weight is 385 g/mol. The van der Waals surface area contributed by atoms with E-state index in [2.05, 4.69) is 64.9 Å². The Balaban J connectivity index is 1.85. The van der Waals surface area contributed by atoms with E-state index in [0.29, 0.717) is 0 Å². The molecule has 3 aromatic carbocycles. The monoisotopic (exact) mass is 385 g/mol. The molecule has 5 rings (SSSR count). The normalized spacial score (nSPS) is 17.6. The lowest BCUT2D eigenvalue weighted by Gasteiger charge is -2.21. The van der Waals surface area contributed by atoms with Gasteiger partial charge in [0.05, 0.1) is 17.8 Å². The van der Waals surface area contributed by atoms with Crippen LogP contribution in [0.15, 0.2) is 84.9 Å². The summed E-state index contributed by atoms with van der Waals surface area (Å²) in [5.41, 5.74) is 6.19. The molecule has 2 heterocycles. The van der Waals surface area contributed by atoms with E-state index < -0.39 is 0 Å². The third-order valence-corrected chi connectivity index (χ3v) is 5.89. The van der Waals surface area contributed by atoms with Crippen molar-refractivity contribution in [3.8, 4) is 0 Å². The second kappa shape index (κ2) is 7.62. The fraction of sp³-hybridized carbons (Fsp3) is 0.130. The highest BCUT2D eigenvalue weighted by molar-refractivity contribution is 8.00. The predicted molar refractivity (Wildman–Crippen MR) is 115 cm³/mol. The molecule has 1 unspecified atom stereocenters. The summed E-state index contributed by atoms with van der Waals surface area (Å²) in [5.74, 6) is 0.987. The van der Waals surface area contributed by atoms with Gasteiger partial charge in [-0.3, -0.25) is 0 Å². The van der Waals surface area contributed by atoms with Gasteiger partial charge in [0.1, 0.15) is 11.0 Å². The Labute approximate surface area is 167 Å². The standard InChI is InChI=1S/C23H19N3OS/c1-3-9-17(10-4-1)21(23-27-15-16-28-23)22(18-11-5-2-6-12-18)26-20-14-8-7-13-19(20)24-25-26/h1-14,23H,15-16H2/b22-21-. The molecule has 0 amide bonds. The van der Waals surface area contributed by atoms with E-state index in [4.69, 9.17) is 4.74 Å². The van der Waals surface area contributed by atoms with E-state index in [1.165, 1.54) is 0 Å². The van der Waals surface area contributed by atoms with Gasteiger partial charge in [-0.15, -0.1) is 16.9 Å². The first-order valence-corrected chi connectivity index (χ1v) is 10.4. The van der Waals surface area contributed by atoms with Crippen LogP contribution in [0.1, 0.15) is 11.1 Å². The number of para-hydroxylation sites is 1. The molecular weight excluding hydrogens is 366 g/mol. The number of nitrogens with zero attached hydrogens (tertiary/aromatic N) is 3. The summed E-state index contributed by atoms with van der Waals surface area (Å²) >= 11 is 1.83. The number of aromatic nitrogens is 3. The first-order valence-electron chi connectivity index (χ1n) is 9.31. The van der Waals surface area contributed by atoms with Gasteiger partial charge < -0.3 is 4.74 Å². The molecule has 4 nitrogen and oxygen atoms in total. The zero-order chi connectivity index (χ0) is 18.8. The summed E-state index contributed by atoms with van der Waals surface area (Å²) in [6.07, 6.45) is 0. The van der Waals surface area contributed by atoms with Crippen LogP contribution in [-0.2, 0) is 4.74 Å². The van der Waals surface area contributed by atoms with Crippen LogP contribution in [0.2, 0.25) is 0 Å². The highest BCUT2D eigenvalue weighted by atomic mass is 32.2. The van der Waals surface area contributed by atoms with Crippen molar-refractivity contribution >= 4 is 34.1 Å². The van der Waals surface area contributed by atoms with E-state index in [-0.39, 0.29) is 5.44 Å². The number of hydrogen-bond donors (Lipinski definition) is 0. The van der Waals surface area contributed by atoms with Crippen molar-refractivity contribution in [1.82, 2.24) is 15.0 Å². The average Bonchev–Trinajstić information content (AvgIpc) is 3.43. The van der Waals surface area contributed by atoms with Crippen LogP contribution in [0.4, 0.5) is 0 Å². The number of rotatable bonds is 4. The molecule has 1 saturated heterocycles. The first kappa shape index (κ1) is 17.2. The van der Waals surface area contributed by atoms with E-state index >= 15 is 0 Å². The highest BCUT2D eigenvalue weighted by Crippen LogP contribution is 2.39. The van der Waals surface area contributed by atoms with Crippen LogP contribution in [0.25, 0.3) is 22.3 Å². The van der Waals surface area contributed by atoms with Crippen LogP contribution >= 0.6 is 11.8 Å². The first-order chi connectivity index (χ1) is 13.9. The summed E-state index contributed by atoms with van der Waals surface area (Å²) < 4.78 is 8.08. The van der Waals surface area contributed by atoms with Crippen molar-refractivity contribution in [2.75, 3.05) is 12.4 Å². The maximum absolute atomic E-state index is 6.13. The molecule has 1 aromatic heterocycles. The van der Waals surface area contributed by atoms with Crippen LogP contribution in [0, 0.1) is 0 Å². The molecular formula is C23H19N3OS. The zero-order valence-electron chi connectivity index (χ0n) is 15.2. The van der Waals surface area contributed by atoms with Crippen molar-refractivity contribution in [3.05, 3.63) is 96.1 Å². The molecule has 0 bridgehead atoms. The molecule has 0 spiro atoms. The molecule has 0 N–H and O–H groups in total. The molecule has 0 aliphatic carbocycles. The fourth-order valence-electron chi connectivity index (χ4n) is 3.55. The molecule has 0 saturated carbocycles. The van der Waals surface area contributed by atoms with Crippen LogP contribution < -0.4 is 0 Å². The Morgan fingerprint density at radius 3 is 2.25 bits per heavy atom. The van der Waals surface area contributed by atoms with Crippen LogP contribution in [-0.4, -0.2) is 32.8 Å². The summed E-state index contributed by atoms with van der Waals surface area (Å²) in [5, 5.41) is 8.93. The van der Waals surface area contributed by atoms with Crippen LogP contribution in [0.3, 0.4) is 0 Å². The van der Waals surface area contributed by atoms with E-state index in [1.807, 2.05) is 46.8 Å². The Hall–Kier alpha value is -2.89. The number of benzene rings is 3. The molecule has 1 atom stereocenters. The number of thioether (sulfide) groups is 1. The smallest absolute Gasteiger partial charge is 0.131 e. The Bertz CT molecular complexity index is 1120. The Morgan fingerprint density at radius 1 is 0.857 bits per heavy atom. The number of ether oxygens (including phenoxy) is 1. The SMILES string of the molecule is c1ccc(/C(=C(\c2ccccc2)n2nnc3ccccc32)C2OCCS2)cc1. The molecule has 138 valence electrons. The predicted octanol–water partition coefficient (Wildman–Crippen LogP) is 4.94. The minimum absolute atomic E-state index is 0.0411. The molecule has 1 aliphatic rings. The molecule has 5 heteroatoms. The maximum atomic E-state index is 6.13. The summed E-state index contributed by atoms with van der Waals surface area (Å²) in [6.45, 7) is 0.756. The van der Waals surface area contributed by atoms with Gasteiger partial charge in [0.25, 0.3) is 0 Å². The van der Waals surface area contributed by atoms with Crippen molar-refractivity contribution in [1.29, 1.82) is 0 Å². The van der Waals surface area contributed by atoms with Gasteiger partial charge in [-0.2, -0.15) is 0 Å². The summed E-state index contributed by atoms with van der Waals surface area (Å²) in [7, 11) is 0. The second-order valence-corrected chi connectivity index (χ2v) is 7.73. The second-order valence-electron chi connectivity index (χ2n) is 6.56. The lowest BCUT2D eigenvalue weighted by Crippen LogP contribution is -2.13. The molecule has 1 fully saturated rings.